The lowest BCUT2D eigenvalue weighted by atomic mass is 9.85. The van der Waals surface area contributed by atoms with Crippen molar-refractivity contribution in [2.24, 2.45) is 0 Å². The molecule has 3 aromatic rings. The summed E-state index contributed by atoms with van der Waals surface area (Å²) in [7, 11) is 0. The Hall–Kier alpha value is -2.67. The van der Waals surface area contributed by atoms with Crippen molar-refractivity contribution in [1.29, 1.82) is 0 Å². The number of carbonyl (C=O) groups is 1. The molecule has 0 N–H and O–H groups in total. The quantitative estimate of drug-likeness (QED) is 0.651. The fourth-order valence-electron chi connectivity index (χ4n) is 4.56. The van der Waals surface area contributed by atoms with Crippen LogP contribution in [0.15, 0.2) is 29.0 Å². The first kappa shape index (κ1) is 16.3. The Morgan fingerprint density at radius 1 is 1.18 bits per heavy atom. The molecular weight excluding hydrogens is 378 g/mol. The van der Waals surface area contributed by atoms with Crippen molar-refractivity contribution < 1.29 is 9.32 Å². The molecule has 28 heavy (non-hydrogen) atoms. The summed E-state index contributed by atoms with van der Waals surface area (Å²) in [5.74, 6) is 1.56. The Morgan fingerprint density at radius 3 is 2.89 bits per heavy atom. The lowest BCUT2D eigenvalue weighted by Gasteiger charge is -2.22. The van der Waals surface area contributed by atoms with Gasteiger partial charge in [0.2, 0.25) is 0 Å². The molecule has 1 atom stereocenters. The lowest BCUT2D eigenvalue weighted by Crippen LogP contribution is -2.29. The van der Waals surface area contributed by atoms with E-state index in [1.54, 1.807) is 12.4 Å². The first-order valence-corrected chi connectivity index (χ1v) is 10.1. The van der Waals surface area contributed by atoms with Crippen LogP contribution in [0.3, 0.4) is 0 Å². The molecule has 1 saturated carbocycles. The second-order valence-electron chi connectivity index (χ2n) is 7.72. The number of halogens is 1. The average molecular weight is 396 g/mol. The predicted octanol–water partition coefficient (Wildman–Crippen LogP) is 4.13. The number of nitrogens with zero attached hydrogens (tertiary/aromatic N) is 5. The van der Waals surface area contributed by atoms with Crippen molar-refractivity contribution in [3.8, 4) is 17.3 Å². The van der Waals surface area contributed by atoms with Crippen LogP contribution in [-0.4, -0.2) is 37.0 Å². The Bertz CT molecular complexity index is 1100. The van der Waals surface area contributed by atoms with Crippen molar-refractivity contribution >= 4 is 17.5 Å². The minimum atomic E-state index is -0.0764. The number of fused-ring (bicyclic) bond motifs is 5. The van der Waals surface area contributed by atoms with Gasteiger partial charge in [0, 0.05) is 12.5 Å². The number of amides is 1. The van der Waals surface area contributed by atoms with E-state index in [2.05, 4.69) is 15.1 Å². The van der Waals surface area contributed by atoms with E-state index in [1.807, 2.05) is 21.6 Å². The second-order valence-corrected chi connectivity index (χ2v) is 8.13. The van der Waals surface area contributed by atoms with Gasteiger partial charge in [-0.3, -0.25) is 9.36 Å². The Morgan fingerprint density at radius 2 is 2.07 bits per heavy atom. The number of imidazole rings is 1. The highest BCUT2D eigenvalue weighted by molar-refractivity contribution is 6.34. The van der Waals surface area contributed by atoms with Gasteiger partial charge in [-0.1, -0.05) is 29.2 Å². The summed E-state index contributed by atoms with van der Waals surface area (Å²) < 4.78 is 7.56. The third-order valence-corrected chi connectivity index (χ3v) is 6.53. The van der Waals surface area contributed by atoms with Gasteiger partial charge in [-0.25, -0.2) is 4.98 Å². The summed E-state index contributed by atoms with van der Waals surface area (Å²) in [6.07, 6.45) is 6.99. The number of hydrogen-bond acceptors (Lipinski definition) is 5. The number of carbonyl (C=O) groups excluding carboxylic acids is 1. The molecular formula is C20H18ClN5O2. The monoisotopic (exact) mass is 395 g/mol. The first-order chi connectivity index (χ1) is 13.7. The third kappa shape index (κ3) is 2.16. The number of aromatic nitrogens is 4. The van der Waals surface area contributed by atoms with Gasteiger partial charge in [0.1, 0.15) is 6.33 Å². The topological polar surface area (TPSA) is 77.0 Å². The van der Waals surface area contributed by atoms with Crippen molar-refractivity contribution in [3.63, 3.8) is 0 Å². The molecule has 2 aliphatic heterocycles. The summed E-state index contributed by atoms with van der Waals surface area (Å²) in [5, 5.41) is 4.65. The van der Waals surface area contributed by atoms with Crippen LogP contribution in [0, 0.1) is 0 Å². The zero-order valence-electron chi connectivity index (χ0n) is 15.1. The minimum Gasteiger partial charge on any atom is -0.332 e. The number of rotatable bonds is 2. The van der Waals surface area contributed by atoms with Gasteiger partial charge in [0.15, 0.2) is 11.5 Å². The zero-order chi connectivity index (χ0) is 18.8. The highest BCUT2D eigenvalue weighted by Crippen LogP contribution is 2.43. The fraction of sp³-hybridized carbons (Fsp3) is 0.400. The van der Waals surface area contributed by atoms with Gasteiger partial charge in [-0.15, -0.1) is 0 Å². The lowest BCUT2D eigenvalue weighted by molar-refractivity contribution is 0.0739. The maximum Gasteiger partial charge on any atom is 0.278 e. The number of benzene rings is 1. The van der Waals surface area contributed by atoms with Gasteiger partial charge < -0.3 is 9.42 Å². The molecule has 0 spiro atoms. The Balaban J connectivity index is 1.55. The molecule has 1 amide bonds. The van der Waals surface area contributed by atoms with Crippen molar-refractivity contribution in [1.82, 2.24) is 24.6 Å². The van der Waals surface area contributed by atoms with Crippen molar-refractivity contribution in [2.45, 2.75) is 44.1 Å². The van der Waals surface area contributed by atoms with E-state index in [0.29, 0.717) is 34.6 Å². The molecule has 3 aliphatic rings. The minimum absolute atomic E-state index is 0.0292. The summed E-state index contributed by atoms with van der Waals surface area (Å²) in [6.45, 7) is 0.704. The van der Waals surface area contributed by atoms with E-state index in [1.165, 1.54) is 6.42 Å². The van der Waals surface area contributed by atoms with Crippen LogP contribution in [0.5, 0.6) is 0 Å². The van der Waals surface area contributed by atoms with Crippen LogP contribution in [-0.2, 0) is 0 Å². The Kier molecular flexibility index (Phi) is 3.44. The maximum atomic E-state index is 13.2. The van der Waals surface area contributed by atoms with Crippen LogP contribution >= 0.6 is 11.6 Å². The summed E-state index contributed by atoms with van der Waals surface area (Å²) in [5.41, 5.74) is 2.87. The van der Waals surface area contributed by atoms with E-state index >= 15 is 0 Å². The summed E-state index contributed by atoms with van der Waals surface area (Å²) >= 11 is 6.43. The van der Waals surface area contributed by atoms with E-state index in [-0.39, 0.29) is 11.9 Å². The second kappa shape index (κ2) is 5.91. The fourth-order valence-corrected chi connectivity index (χ4v) is 4.81. The molecule has 0 bridgehead atoms. The molecule has 0 unspecified atom stereocenters. The van der Waals surface area contributed by atoms with Gasteiger partial charge in [0.25, 0.3) is 11.8 Å². The summed E-state index contributed by atoms with van der Waals surface area (Å²) in [6, 6.07) is 5.45. The molecule has 1 aromatic carbocycles. The van der Waals surface area contributed by atoms with Gasteiger partial charge in [0.05, 0.1) is 28.0 Å². The largest absolute Gasteiger partial charge is 0.332 e. The maximum absolute atomic E-state index is 13.2. The Labute approximate surface area is 166 Å². The normalized spacial score (nSPS) is 21.1. The molecule has 1 saturated heterocycles. The van der Waals surface area contributed by atoms with Crippen LogP contribution in [0.1, 0.15) is 65.9 Å². The molecule has 142 valence electrons. The van der Waals surface area contributed by atoms with Crippen molar-refractivity contribution in [3.05, 3.63) is 46.6 Å². The molecule has 4 heterocycles. The average Bonchev–Trinajstić information content (AvgIpc) is 3.36. The SMILES string of the molecule is O=C1c2c(Cl)cccc2-n2cnc(-c3nc(C4CCC4)no3)c2[C@@H]2CCCN12. The van der Waals surface area contributed by atoms with E-state index in [9.17, 15) is 4.79 Å². The van der Waals surface area contributed by atoms with Crippen LogP contribution in [0.2, 0.25) is 5.02 Å². The molecule has 6 rings (SSSR count). The van der Waals surface area contributed by atoms with Gasteiger partial charge >= 0.3 is 0 Å². The highest BCUT2D eigenvalue weighted by Gasteiger charge is 2.41. The smallest absolute Gasteiger partial charge is 0.278 e. The third-order valence-electron chi connectivity index (χ3n) is 6.21. The molecule has 0 radical (unpaired) electrons. The zero-order valence-corrected chi connectivity index (χ0v) is 15.9. The van der Waals surface area contributed by atoms with Crippen LogP contribution < -0.4 is 0 Å². The molecule has 7 nitrogen and oxygen atoms in total. The van der Waals surface area contributed by atoms with Gasteiger partial charge in [-0.2, -0.15) is 4.98 Å². The molecule has 1 aliphatic carbocycles. The highest BCUT2D eigenvalue weighted by atomic mass is 35.5. The van der Waals surface area contributed by atoms with E-state index < -0.39 is 0 Å². The van der Waals surface area contributed by atoms with E-state index in [4.69, 9.17) is 16.1 Å². The predicted molar refractivity (Wildman–Crippen MR) is 101 cm³/mol. The summed E-state index contributed by atoms with van der Waals surface area (Å²) in [4.78, 5) is 24.4. The van der Waals surface area contributed by atoms with Gasteiger partial charge in [-0.05, 0) is 37.8 Å². The van der Waals surface area contributed by atoms with E-state index in [0.717, 1.165) is 42.9 Å². The molecule has 2 aromatic heterocycles. The van der Waals surface area contributed by atoms with Crippen LogP contribution in [0.25, 0.3) is 17.3 Å². The van der Waals surface area contributed by atoms with Crippen LogP contribution in [0.4, 0.5) is 0 Å². The number of hydrogen-bond donors (Lipinski definition) is 0. The standard InChI is InChI=1S/C20H18ClN5O2/c21-12-6-2-7-13-15(12)20(27)25-9-3-8-14(25)17-16(22-10-26(13)17)19-23-18(24-28-19)11-4-1-5-11/h2,6-7,10-11,14H,1,3-5,8-9H2/t14-/m0/s1. The molecule has 8 heteroatoms. The van der Waals surface area contributed by atoms with Crippen molar-refractivity contribution in [2.75, 3.05) is 6.54 Å². The molecule has 2 fully saturated rings. The first-order valence-electron chi connectivity index (χ1n) is 9.73.